The Morgan fingerprint density at radius 2 is 0.933 bits per heavy atom. The Labute approximate surface area is 260 Å². The number of hydrogen-bond donors (Lipinski definition) is 0. The van der Waals surface area contributed by atoms with E-state index in [2.05, 4.69) is 158 Å². The first-order valence-electron chi connectivity index (χ1n) is 15.5. The summed E-state index contributed by atoms with van der Waals surface area (Å²) in [5.74, 6) is 1.83. The van der Waals surface area contributed by atoms with Crippen molar-refractivity contribution >= 4 is 53.9 Å². The van der Waals surface area contributed by atoms with Crippen LogP contribution in [0.4, 0.5) is 0 Å². The number of benzene rings is 9. The molecule has 9 aromatic rings. The first-order valence-corrected chi connectivity index (χ1v) is 15.5. The Morgan fingerprint density at radius 3 is 1.78 bits per heavy atom. The van der Waals surface area contributed by atoms with Gasteiger partial charge in [0.15, 0.2) is 0 Å². The molecule has 0 fully saturated rings. The summed E-state index contributed by atoms with van der Waals surface area (Å²) < 4.78 is 6.41. The van der Waals surface area contributed by atoms with Crippen molar-refractivity contribution in [3.8, 4) is 44.9 Å². The van der Waals surface area contributed by atoms with Crippen LogP contribution in [-0.2, 0) is 0 Å². The van der Waals surface area contributed by atoms with Crippen molar-refractivity contribution in [3.63, 3.8) is 0 Å². The average molecular weight is 571 g/mol. The lowest BCUT2D eigenvalue weighted by atomic mass is 9.86. The number of ether oxygens (including phenoxy) is 1. The van der Waals surface area contributed by atoms with Gasteiger partial charge in [-0.25, -0.2) is 0 Å². The minimum Gasteiger partial charge on any atom is -0.456 e. The van der Waals surface area contributed by atoms with Gasteiger partial charge in [0.05, 0.1) is 0 Å². The highest BCUT2D eigenvalue weighted by Crippen LogP contribution is 2.48. The van der Waals surface area contributed by atoms with Crippen molar-refractivity contribution in [1.29, 1.82) is 0 Å². The van der Waals surface area contributed by atoms with Crippen LogP contribution in [0.3, 0.4) is 0 Å². The summed E-state index contributed by atoms with van der Waals surface area (Å²) in [5.41, 5.74) is 7.28. The molecule has 1 heterocycles. The fourth-order valence-electron chi connectivity index (χ4n) is 7.62. The molecule has 1 nitrogen and oxygen atoms in total. The molecule has 0 unspecified atom stereocenters. The Kier molecular flexibility index (Phi) is 5.06. The van der Waals surface area contributed by atoms with Crippen molar-refractivity contribution in [2.24, 2.45) is 0 Å². The molecule has 9 aromatic carbocycles. The van der Waals surface area contributed by atoms with Crippen molar-refractivity contribution in [2.45, 2.75) is 0 Å². The van der Waals surface area contributed by atoms with Gasteiger partial charge in [0, 0.05) is 10.9 Å². The van der Waals surface area contributed by atoms with Gasteiger partial charge in [0.2, 0.25) is 0 Å². The van der Waals surface area contributed by atoms with E-state index in [0.717, 1.165) is 17.1 Å². The average Bonchev–Trinajstić information content (AvgIpc) is 3.11. The molecule has 0 N–H and O–H groups in total. The van der Waals surface area contributed by atoms with Crippen LogP contribution in [0.25, 0.3) is 87.2 Å². The van der Waals surface area contributed by atoms with Gasteiger partial charge in [-0.1, -0.05) is 133 Å². The fraction of sp³-hybridized carbons (Fsp3) is 0. The molecule has 0 aromatic heterocycles. The molecule has 1 aliphatic rings. The molecule has 45 heavy (non-hydrogen) atoms. The number of rotatable bonds is 2. The van der Waals surface area contributed by atoms with Crippen LogP contribution in [0.1, 0.15) is 0 Å². The van der Waals surface area contributed by atoms with E-state index in [1.54, 1.807) is 0 Å². The first-order chi connectivity index (χ1) is 22.3. The lowest BCUT2D eigenvalue weighted by Gasteiger charge is -2.22. The van der Waals surface area contributed by atoms with Crippen LogP contribution < -0.4 is 4.74 Å². The molecule has 0 saturated heterocycles. The molecule has 0 atom stereocenters. The quantitative estimate of drug-likeness (QED) is 0.188. The summed E-state index contributed by atoms with van der Waals surface area (Å²) in [6.45, 7) is 0. The molecule has 10 rings (SSSR count). The van der Waals surface area contributed by atoms with Crippen LogP contribution >= 0.6 is 0 Å². The second-order valence-corrected chi connectivity index (χ2v) is 12.0. The number of fused-ring (bicyclic) bond motifs is 8. The molecule has 0 saturated carbocycles. The van der Waals surface area contributed by atoms with E-state index < -0.39 is 0 Å². The molecule has 0 amide bonds. The SMILES string of the molecule is c1cc2c3c(cccc3c1)-c1cc(-c3ccc(-c4cc5ccc6ccccc6c5c5ccccc45)c4ccccc34)ccc1O2. The van der Waals surface area contributed by atoms with Crippen molar-refractivity contribution < 1.29 is 4.74 Å². The molecule has 0 radical (unpaired) electrons. The van der Waals surface area contributed by atoms with Gasteiger partial charge in [-0.2, -0.15) is 0 Å². The zero-order chi connectivity index (χ0) is 29.5. The molecule has 1 aliphatic heterocycles. The summed E-state index contributed by atoms with van der Waals surface area (Å²) >= 11 is 0. The molecular weight excluding hydrogens is 544 g/mol. The molecule has 0 bridgehead atoms. The lowest BCUT2D eigenvalue weighted by molar-refractivity contribution is 0.487. The van der Waals surface area contributed by atoms with Gasteiger partial charge >= 0.3 is 0 Å². The summed E-state index contributed by atoms with van der Waals surface area (Å²) in [6.07, 6.45) is 0. The van der Waals surface area contributed by atoms with Gasteiger partial charge in [-0.15, -0.1) is 0 Å². The Balaban J connectivity index is 1.20. The summed E-state index contributed by atoms with van der Waals surface area (Å²) in [5, 5.41) is 12.6. The monoisotopic (exact) mass is 570 g/mol. The highest BCUT2D eigenvalue weighted by Gasteiger charge is 2.21. The van der Waals surface area contributed by atoms with Crippen molar-refractivity contribution in [1.82, 2.24) is 0 Å². The second-order valence-electron chi connectivity index (χ2n) is 12.0. The maximum atomic E-state index is 6.41. The Hall–Kier alpha value is -5.92. The first kappa shape index (κ1) is 24.5. The molecule has 1 heteroatoms. The van der Waals surface area contributed by atoms with Gasteiger partial charge in [-0.3, -0.25) is 0 Å². The maximum absolute atomic E-state index is 6.41. The largest absolute Gasteiger partial charge is 0.456 e. The third kappa shape index (κ3) is 3.56. The van der Waals surface area contributed by atoms with Crippen molar-refractivity contribution in [2.75, 3.05) is 0 Å². The standard InChI is InChI=1S/C44H26O/c1-2-12-32-27(9-1)19-20-30-26-39(35-15-5-6-16-37(35)43(30)32)36-23-22-31(33-13-3-4-14-34(33)36)29-21-24-41-40(25-29)38-17-7-10-28-11-8-18-42(45-41)44(28)38/h1-26H. The molecule has 0 aliphatic carbocycles. The maximum Gasteiger partial charge on any atom is 0.135 e. The fourth-order valence-corrected chi connectivity index (χ4v) is 7.62. The zero-order valence-electron chi connectivity index (χ0n) is 24.4. The van der Waals surface area contributed by atoms with Crippen LogP contribution in [0.5, 0.6) is 11.5 Å². The van der Waals surface area contributed by atoms with E-state index in [9.17, 15) is 0 Å². The van der Waals surface area contributed by atoms with E-state index in [4.69, 9.17) is 4.74 Å². The molecular formula is C44H26O. The van der Waals surface area contributed by atoms with E-state index >= 15 is 0 Å². The van der Waals surface area contributed by atoms with E-state index in [1.165, 1.54) is 81.7 Å². The zero-order valence-corrected chi connectivity index (χ0v) is 24.4. The van der Waals surface area contributed by atoms with Crippen LogP contribution in [0.15, 0.2) is 158 Å². The number of hydrogen-bond acceptors (Lipinski definition) is 1. The molecule has 0 spiro atoms. The van der Waals surface area contributed by atoms with Gasteiger partial charge < -0.3 is 4.74 Å². The smallest absolute Gasteiger partial charge is 0.135 e. The second kappa shape index (κ2) is 9.29. The summed E-state index contributed by atoms with van der Waals surface area (Å²) in [6, 6.07) is 57.4. The summed E-state index contributed by atoms with van der Waals surface area (Å²) in [7, 11) is 0. The van der Waals surface area contributed by atoms with Crippen LogP contribution in [0, 0.1) is 0 Å². The molecule has 208 valence electrons. The normalized spacial score (nSPS) is 12.2. The summed E-state index contributed by atoms with van der Waals surface area (Å²) in [4.78, 5) is 0. The Morgan fingerprint density at radius 1 is 0.289 bits per heavy atom. The van der Waals surface area contributed by atoms with E-state index in [-0.39, 0.29) is 0 Å². The minimum absolute atomic E-state index is 0.904. The van der Waals surface area contributed by atoms with Crippen LogP contribution in [-0.4, -0.2) is 0 Å². The predicted octanol–water partition coefficient (Wildman–Crippen LogP) is 12.6. The van der Waals surface area contributed by atoms with E-state index in [0.29, 0.717) is 0 Å². The van der Waals surface area contributed by atoms with Gasteiger partial charge in [0.25, 0.3) is 0 Å². The van der Waals surface area contributed by atoms with Crippen LogP contribution in [0.2, 0.25) is 0 Å². The Bertz CT molecular complexity index is 2670. The highest BCUT2D eigenvalue weighted by molar-refractivity contribution is 6.24. The minimum atomic E-state index is 0.904. The third-order valence-electron chi connectivity index (χ3n) is 9.63. The highest BCUT2D eigenvalue weighted by atomic mass is 16.5. The predicted molar refractivity (Wildman–Crippen MR) is 190 cm³/mol. The van der Waals surface area contributed by atoms with Gasteiger partial charge in [-0.05, 0) is 101 Å². The lowest BCUT2D eigenvalue weighted by Crippen LogP contribution is -1.97. The van der Waals surface area contributed by atoms with Crippen molar-refractivity contribution in [3.05, 3.63) is 158 Å². The van der Waals surface area contributed by atoms with Gasteiger partial charge in [0.1, 0.15) is 11.5 Å². The third-order valence-corrected chi connectivity index (χ3v) is 9.63. The van der Waals surface area contributed by atoms with E-state index in [1.807, 2.05) is 0 Å². The topological polar surface area (TPSA) is 9.23 Å².